The van der Waals surface area contributed by atoms with Gasteiger partial charge in [-0.15, -0.1) is 0 Å². The summed E-state index contributed by atoms with van der Waals surface area (Å²) >= 11 is 0. The van der Waals surface area contributed by atoms with Gasteiger partial charge >= 0.3 is 5.97 Å². The number of anilines is 2. The molecule has 37 heavy (non-hydrogen) atoms. The van der Waals surface area contributed by atoms with E-state index in [0.29, 0.717) is 17.8 Å². The number of nitrogens with two attached hydrogens (primary N) is 2. The van der Waals surface area contributed by atoms with Crippen LogP contribution < -0.4 is 33.2 Å². The van der Waals surface area contributed by atoms with Gasteiger partial charge in [0.05, 0.1) is 30.9 Å². The fourth-order valence-electron chi connectivity index (χ4n) is 3.42. The molecule has 0 aliphatic rings. The highest BCUT2D eigenvalue weighted by molar-refractivity contribution is 5.84. The van der Waals surface area contributed by atoms with Gasteiger partial charge in [0.25, 0.3) is 11.5 Å². The number of benzene rings is 1. The number of aliphatic carboxylic acids is 1. The van der Waals surface area contributed by atoms with Crippen molar-refractivity contribution in [3.63, 3.8) is 0 Å². The van der Waals surface area contributed by atoms with E-state index in [2.05, 4.69) is 37.1 Å². The van der Waals surface area contributed by atoms with Crippen LogP contribution in [-0.2, 0) is 20.9 Å². The minimum absolute atomic E-state index is 0.0340. The molecular formula is C23H27N9O5. The number of hydrogen-bond donors (Lipinski definition) is 7. The molecule has 9 N–H and O–H groups in total. The summed E-state index contributed by atoms with van der Waals surface area (Å²) in [7, 11) is 0. The summed E-state index contributed by atoms with van der Waals surface area (Å²) in [4.78, 5) is 61.3. The van der Waals surface area contributed by atoms with Crippen LogP contribution in [0.2, 0.25) is 0 Å². The van der Waals surface area contributed by atoms with Crippen molar-refractivity contribution in [3.8, 4) is 0 Å². The number of carboxylic acids is 1. The molecule has 0 saturated carbocycles. The van der Waals surface area contributed by atoms with Crippen molar-refractivity contribution in [1.29, 1.82) is 0 Å². The third-order valence-electron chi connectivity index (χ3n) is 5.42. The van der Waals surface area contributed by atoms with Gasteiger partial charge < -0.3 is 21.5 Å². The molecule has 0 radical (unpaired) electrons. The minimum Gasteiger partial charge on any atom is -0.481 e. The zero-order chi connectivity index (χ0) is 26.9. The van der Waals surface area contributed by atoms with E-state index in [1.807, 2.05) is 5.43 Å². The molecule has 1 unspecified atom stereocenters. The normalized spacial score (nSPS) is 11.5. The first-order valence-electron chi connectivity index (χ1n) is 11.2. The maximum Gasteiger partial charge on any atom is 0.306 e. The van der Waals surface area contributed by atoms with Crippen LogP contribution in [0.3, 0.4) is 0 Å². The Hall–Kier alpha value is -4.85. The molecule has 194 valence electrons. The first-order valence-corrected chi connectivity index (χ1v) is 11.2. The molecule has 2 aromatic heterocycles. The Balaban J connectivity index is 1.54. The molecule has 0 aliphatic heterocycles. The largest absolute Gasteiger partial charge is 0.481 e. The van der Waals surface area contributed by atoms with E-state index in [1.165, 1.54) is 6.20 Å². The number of rotatable bonds is 12. The number of H-pyrrole nitrogens is 1. The Kier molecular flexibility index (Phi) is 8.83. The fraction of sp³-hybridized carbons (Fsp3) is 0.261. The van der Waals surface area contributed by atoms with E-state index in [-0.39, 0.29) is 42.9 Å². The van der Waals surface area contributed by atoms with Gasteiger partial charge in [-0.1, -0.05) is 18.7 Å². The summed E-state index contributed by atoms with van der Waals surface area (Å²) in [5, 5.41) is 15.1. The number of nitrogens with one attached hydrogen (secondary N) is 4. The third-order valence-corrected chi connectivity index (χ3v) is 5.42. The lowest BCUT2D eigenvalue weighted by molar-refractivity contribution is -0.142. The van der Waals surface area contributed by atoms with Crippen LogP contribution in [0.1, 0.15) is 30.5 Å². The van der Waals surface area contributed by atoms with Gasteiger partial charge in [-0.2, -0.15) is 4.98 Å². The van der Waals surface area contributed by atoms with E-state index >= 15 is 0 Å². The van der Waals surface area contributed by atoms with Crippen molar-refractivity contribution in [2.45, 2.75) is 25.8 Å². The van der Waals surface area contributed by atoms with Gasteiger partial charge in [-0.3, -0.25) is 29.6 Å². The minimum atomic E-state index is -1.04. The smallest absolute Gasteiger partial charge is 0.306 e. The van der Waals surface area contributed by atoms with Gasteiger partial charge in [0.1, 0.15) is 0 Å². The monoisotopic (exact) mass is 509 g/mol. The summed E-state index contributed by atoms with van der Waals surface area (Å²) in [5.74, 6) is 2.04. The van der Waals surface area contributed by atoms with Gasteiger partial charge in [-0.25, -0.2) is 15.8 Å². The van der Waals surface area contributed by atoms with Crippen LogP contribution in [0.4, 0.5) is 11.6 Å². The Bertz CT molecular complexity index is 1370. The fourth-order valence-corrected chi connectivity index (χ4v) is 3.42. The van der Waals surface area contributed by atoms with Gasteiger partial charge in [-0.05, 0) is 36.1 Å². The number of aromatic amines is 1. The SMILES string of the molecule is C=C(CC(CCC(=O)NCC(=O)NN)C(=O)O)c1ccc(NCc2cnc3nc(N)[nH]c(=O)c3n2)cc1. The van der Waals surface area contributed by atoms with Crippen LogP contribution in [0.5, 0.6) is 0 Å². The molecule has 0 spiro atoms. The van der Waals surface area contributed by atoms with Crippen molar-refractivity contribution in [2.24, 2.45) is 11.8 Å². The number of hydrazine groups is 1. The molecule has 0 aliphatic carbocycles. The summed E-state index contributed by atoms with van der Waals surface area (Å²) in [6.45, 7) is 4.01. The molecule has 0 bridgehead atoms. The quantitative estimate of drug-likeness (QED) is 0.0967. The van der Waals surface area contributed by atoms with Crippen molar-refractivity contribution >= 4 is 46.2 Å². The molecule has 3 aromatic rings. The van der Waals surface area contributed by atoms with E-state index in [4.69, 9.17) is 11.6 Å². The molecule has 14 nitrogen and oxygen atoms in total. The predicted molar refractivity (Wildman–Crippen MR) is 135 cm³/mol. The molecule has 14 heteroatoms. The molecule has 0 saturated heterocycles. The molecule has 1 aromatic carbocycles. The van der Waals surface area contributed by atoms with Gasteiger partial charge in [0.2, 0.25) is 11.9 Å². The van der Waals surface area contributed by atoms with Crippen LogP contribution in [0.25, 0.3) is 16.7 Å². The molecular weight excluding hydrogens is 482 g/mol. The predicted octanol–water partition coefficient (Wildman–Crippen LogP) is -0.102. The lowest BCUT2D eigenvalue weighted by Crippen LogP contribution is -2.40. The molecule has 3 rings (SSSR count). The number of allylic oxidation sites excluding steroid dienone is 1. The van der Waals surface area contributed by atoms with E-state index < -0.39 is 29.3 Å². The molecule has 2 heterocycles. The average Bonchev–Trinajstić information content (AvgIpc) is 2.88. The second kappa shape index (κ2) is 12.2. The molecule has 0 fully saturated rings. The molecule has 2 amide bonds. The highest BCUT2D eigenvalue weighted by Gasteiger charge is 2.20. The van der Waals surface area contributed by atoms with Gasteiger partial charge in [0, 0.05) is 12.1 Å². The second-order valence-corrected chi connectivity index (χ2v) is 8.14. The van der Waals surface area contributed by atoms with Crippen molar-refractivity contribution in [3.05, 3.63) is 58.7 Å². The lowest BCUT2D eigenvalue weighted by atomic mass is 9.92. The Morgan fingerprint density at radius 1 is 1.14 bits per heavy atom. The highest BCUT2D eigenvalue weighted by atomic mass is 16.4. The highest BCUT2D eigenvalue weighted by Crippen LogP contribution is 2.25. The maximum atomic E-state index is 12.0. The number of fused-ring (bicyclic) bond motifs is 1. The lowest BCUT2D eigenvalue weighted by Gasteiger charge is -2.15. The summed E-state index contributed by atoms with van der Waals surface area (Å²) < 4.78 is 0. The Morgan fingerprint density at radius 3 is 2.54 bits per heavy atom. The van der Waals surface area contributed by atoms with Crippen molar-refractivity contribution < 1.29 is 19.5 Å². The number of aromatic nitrogens is 4. The third kappa shape index (κ3) is 7.57. The second-order valence-electron chi connectivity index (χ2n) is 8.14. The maximum absolute atomic E-state index is 12.0. The number of carbonyl (C=O) groups is 3. The summed E-state index contributed by atoms with van der Waals surface area (Å²) in [5.41, 5.74) is 9.81. The molecule has 1 atom stereocenters. The van der Waals surface area contributed by atoms with Crippen LogP contribution in [0, 0.1) is 5.92 Å². The number of carboxylic acid groups (broad SMARTS) is 1. The summed E-state index contributed by atoms with van der Waals surface area (Å²) in [6, 6.07) is 7.20. The van der Waals surface area contributed by atoms with E-state index in [1.54, 1.807) is 24.3 Å². The average molecular weight is 510 g/mol. The Labute approximate surface area is 210 Å². The van der Waals surface area contributed by atoms with Gasteiger partial charge in [0.15, 0.2) is 11.2 Å². The number of nitrogen functional groups attached to an aromatic ring is 1. The van der Waals surface area contributed by atoms with Crippen molar-refractivity contribution in [1.82, 2.24) is 30.7 Å². The standard InChI is InChI=1S/C23H27N9O5/c1-12(8-14(22(36)37)4-7-17(33)27-11-18(34)32-25)13-2-5-15(6-3-13)26-9-16-10-28-20-19(29-16)21(35)31-23(24)30-20/h2-3,5-6,10,14,26H,1,4,7-9,11,25H2,(H,27,33)(H,32,34)(H,36,37)(H3,24,28,30,31,35). The van der Waals surface area contributed by atoms with Crippen LogP contribution in [-0.4, -0.2) is 49.4 Å². The number of hydrogen-bond acceptors (Lipinski definition) is 10. The van der Waals surface area contributed by atoms with Crippen molar-refractivity contribution in [2.75, 3.05) is 17.6 Å². The van der Waals surface area contributed by atoms with Crippen LogP contribution >= 0.6 is 0 Å². The summed E-state index contributed by atoms with van der Waals surface area (Å²) in [6.07, 6.45) is 1.68. The first kappa shape index (κ1) is 26.7. The van der Waals surface area contributed by atoms with Crippen LogP contribution in [0.15, 0.2) is 41.8 Å². The Morgan fingerprint density at radius 2 is 1.86 bits per heavy atom. The zero-order valence-corrected chi connectivity index (χ0v) is 19.8. The van der Waals surface area contributed by atoms with E-state index in [0.717, 1.165) is 11.3 Å². The zero-order valence-electron chi connectivity index (χ0n) is 19.8. The number of nitrogens with zero attached hydrogens (tertiary/aromatic N) is 3. The number of amides is 2. The number of carbonyl (C=O) groups excluding carboxylic acids is 2. The topological polar surface area (TPSA) is 231 Å². The first-order chi connectivity index (χ1) is 17.7. The van der Waals surface area contributed by atoms with E-state index in [9.17, 15) is 24.3 Å².